The minimum Gasteiger partial charge on any atom is -0.393 e. The number of aliphatic hydroxyl groups excluding tert-OH is 1. The molecule has 1 aliphatic rings. The van der Waals surface area contributed by atoms with Crippen LogP contribution in [0.4, 0.5) is 5.95 Å². The van der Waals surface area contributed by atoms with Crippen LogP contribution in [0, 0.1) is 11.8 Å². The molecule has 1 saturated carbocycles. The average Bonchev–Trinajstić information content (AvgIpc) is 2.49. The van der Waals surface area contributed by atoms with Crippen molar-refractivity contribution in [1.29, 1.82) is 0 Å². The maximum Gasteiger partial charge on any atom is 0.252 e. The quantitative estimate of drug-likeness (QED) is 0.745. The van der Waals surface area contributed by atoms with Crippen molar-refractivity contribution >= 4 is 11.9 Å². The molecule has 1 amide bonds. The summed E-state index contributed by atoms with van der Waals surface area (Å²) < 4.78 is 0. The number of aromatic nitrogens is 2. The lowest BCUT2D eigenvalue weighted by Gasteiger charge is -2.26. The maximum absolute atomic E-state index is 11.6. The van der Waals surface area contributed by atoms with E-state index in [1.165, 1.54) is 6.20 Å². The van der Waals surface area contributed by atoms with E-state index in [-0.39, 0.29) is 12.1 Å². The lowest BCUT2D eigenvalue weighted by Crippen LogP contribution is -2.29. The fourth-order valence-corrected chi connectivity index (χ4v) is 2.79. The Hall–Kier alpha value is -1.69. The molecule has 1 aromatic rings. The fourth-order valence-electron chi connectivity index (χ4n) is 2.79. The molecular formula is C17H28N4O2. The van der Waals surface area contributed by atoms with Crippen LogP contribution in [0.5, 0.6) is 0 Å². The molecule has 1 fully saturated rings. The van der Waals surface area contributed by atoms with E-state index in [4.69, 9.17) is 5.73 Å². The average molecular weight is 320 g/mol. The Balaban J connectivity index is 2.13. The second-order valence-corrected chi connectivity index (χ2v) is 6.99. The summed E-state index contributed by atoms with van der Waals surface area (Å²) >= 11 is 0. The van der Waals surface area contributed by atoms with Crippen LogP contribution < -0.4 is 11.1 Å². The van der Waals surface area contributed by atoms with Gasteiger partial charge in [-0.15, -0.1) is 0 Å². The minimum atomic E-state index is -0.483. The lowest BCUT2D eigenvalue weighted by molar-refractivity contribution is 0.0998. The Labute approximate surface area is 137 Å². The van der Waals surface area contributed by atoms with Crippen molar-refractivity contribution in [3.8, 4) is 0 Å². The summed E-state index contributed by atoms with van der Waals surface area (Å²) in [6, 6.07) is 0.271. The third-order valence-corrected chi connectivity index (χ3v) is 4.82. The zero-order chi connectivity index (χ0) is 17.0. The van der Waals surface area contributed by atoms with E-state index in [2.05, 4.69) is 36.1 Å². The van der Waals surface area contributed by atoms with Gasteiger partial charge in [0, 0.05) is 12.2 Å². The summed E-state index contributed by atoms with van der Waals surface area (Å²) in [4.78, 5) is 20.4. The van der Waals surface area contributed by atoms with E-state index < -0.39 is 5.91 Å². The van der Waals surface area contributed by atoms with Crippen molar-refractivity contribution in [2.24, 2.45) is 17.6 Å². The van der Waals surface area contributed by atoms with Crippen LogP contribution in [-0.4, -0.2) is 33.1 Å². The maximum atomic E-state index is 11.6. The van der Waals surface area contributed by atoms with Crippen molar-refractivity contribution in [3.63, 3.8) is 0 Å². The summed E-state index contributed by atoms with van der Waals surface area (Å²) in [7, 11) is 0. The van der Waals surface area contributed by atoms with Crippen LogP contribution in [0.2, 0.25) is 0 Å². The van der Waals surface area contributed by atoms with E-state index in [1.807, 2.05) is 0 Å². The lowest BCUT2D eigenvalue weighted by atomic mass is 9.92. The Morgan fingerprint density at radius 1 is 1.35 bits per heavy atom. The highest BCUT2D eigenvalue weighted by Gasteiger charge is 2.21. The number of rotatable bonds is 6. The van der Waals surface area contributed by atoms with Crippen LogP contribution in [0.25, 0.3) is 0 Å². The van der Waals surface area contributed by atoms with E-state index in [0.29, 0.717) is 35.5 Å². The van der Waals surface area contributed by atoms with Gasteiger partial charge in [0.1, 0.15) is 0 Å². The van der Waals surface area contributed by atoms with Gasteiger partial charge in [0.2, 0.25) is 5.95 Å². The molecule has 0 saturated heterocycles. The first kappa shape index (κ1) is 17.7. The summed E-state index contributed by atoms with van der Waals surface area (Å²) in [6.45, 7) is 6.46. The van der Waals surface area contributed by atoms with Crippen LogP contribution >= 0.6 is 0 Å². The molecule has 0 bridgehead atoms. The van der Waals surface area contributed by atoms with Gasteiger partial charge in [0.15, 0.2) is 0 Å². The number of nitrogens with one attached hydrogen (secondary N) is 1. The standard InChI is InChI=1S/C17H28N4O2/c1-10(2)11(3)8-15-14(16(18)23)9-19-17(21-15)20-12-4-6-13(22)7-5-12/h9-13,22H,4-8H2,1-3H3,(H2,18,23)(H,19,20,21)/t11-,12?,13?/m1/s1. The third-order valence-electron chi connectivity index (χ3n) is 4.82. The Kier molecular flexibility index (Phi) is 5.93. The van der Waals surface area contributed by atoms with Crippen molar-refractivity contribution < 1.29 is 9.90 Å². The number of nitrogens with zero attached hydrogens (tertiary/aromatic N) is 2. The highest BCUT2D eigenvalue weighted by atomic mass is 16.3. The molecule has 1 atom stereocenters. The first-order valence-electron chi connectivity index (χ1n) is 8.47. The van der Waals surface area contributed by atoms with Gasteiger partial charge in [-0.3, -0.25) is 4.79 Å². The predicted molar refractivity (Wildman–Crippen MR) is 90.1 cm³/mol. The van der Waals surface area contributed by atoms with E-state index in [9.17, 15) is 9.90 Å². The van der Waals surface area contributed by atoms with Gasteiger partial charge >= 0.3 is 0 Å². The zero-order valence-corrected chi connectivity index (χ0v) is 14.2. The number of nitrogens with two attached hydrogens (primary N) is 1. The molecule has 2 rings (SSSR count). The molecule has 0 unspecified atom stereocenters. The van der Waals surface area contributed by atoms with Crippen LogP contribution in [0.3, 0.4) is 0 Å². The predicted octanol–water partition coefficient (Wildman–Crippen LogP) is 2.13. The Bertz CT molecular complexity index is 539. The number of aliphatic hydroxyl groups is 1. The number of amides is 1. The molecule has 128 valence electrons. The van der Waals surface area contributed by atoms with E-state index >= 15 is 0 Å². The van der Waals surface area contributed by atoms with Crippen LogP contribution in [0.1, 0.15) is 62.5 Å². The molecule has 0 aliphatic heterocycles. The molecule has 1 aromatic heterocycles. The third kappa shape index (κ3) is 4.89. The molecule has 4 N–H and O–H groups in total. The summed E-state index contributed by atoms with van der Waals surface area (Å²) in [5.74, 6) is 0.966. The second kappa shape index (κ2) is 7.73. The summed E-state index contributed by atoms with van der Waals surface area (Å²) in [5, 5.41) is 12.9. The van der Waals surface area contributed by atoms with Crippen molar-refractivity contribution in [2.45, 2.75) is 65.0 Å². The van der Waals surface area contributed by atoms with E-state index in [0.717, 1.165) is 25.7 Å². The second-order valence-electron chi connectivity index (χ2n) is 6.99. The monoisotopic (exact) mass is 320 g/mol. The SMILES string of the molecule is CC(C)[C@H](C)Cc1nc(NC2CCC(O)CC2)ncc1C(N)=O. The molecule has 0 spiro atoms. The number of hydrogen-bond acceptors (Lipinski definition) is 5. The van der Waals surface area contributed by atoms with Gasteiger partial charge in [-0.25, -0.2) is 9.97 Å². The van der Waals surface area contributed by atoms with Gasteiger partial charge in [0.05, 0.1) is 17.4 Å². The Morgan fingerprint density at radius 3 is 2.57 bits per heavy atom. The molecule has 0 aromatic carbocycles. The van der Waals surface area contributed by atoms with Crippen molar-refractivity contribution in [3.05, 3.63) is 17.5 Å². The molecule has 6 nitrogen and oxygen atoms in total. The topological polar surface area (TPSA) is 101 Å². The molecule has 23 heavy (non-hydrogen) atoms. The molecule has 1 aliphatic carbocycles. The first-order valence-corrected chi connectivity index (χ1v) is 8.47. The normalized spacial score (nSPS) is 22.8. The van der Waals surface area contributed by atoms with Crippen LogP contribution in [-0.2, 0) is 6.42 Å². The summed E-state index contributed by atoms with van der Waals surface area (Å²) in [5.41, 5.74) is 6.57. The molecule has 6 heteroatoms. The Morgan fingerprint density at radius 2 is 2.00 bits per heavy atom. The highest BCUT2D eigenvalue weighted by molar-refractivity contribution is 5.93. The number of primary amides is 1. The number of hydrogen-bond donors (Lipinski definition) is 3. The van der Waals surface area contributed by atoms with Gasteiger partial charge in [0.25, 0.3) is 5.91 Å². The zero-order valence-electron chi connectivity index (χ0n) is 14.2. The number of carbonyl (C=O) groups excluding carboxylic acids is 1. The van der Waals surface area contributed by atoms with Gasteiger partial charge in [-0.2, -0.15) is 0 Å². The van der Waals surface area contributed by atoms with Gasteiger partial charge in [-0.1, -0.05) is 20.8 Å². The van der Waals surface area contributed by atoms with Gasteiger partial charge < -0.3 is 16.2 Å². The molecule has 0 radical (unpaired) electrons. The summed E-state index contributed by atoms with van der Waals surface area (Å²) in [6.07, 6.45) is 5.45. The van der Waals surface area contributed by atoms with Crippen molar-refractivity contribution in [2.75, 3.05) is 5.32 Å². The highest BCUT2D eigenvalue weighted by Crippen LogP contribution is 2.22. The fraction of sp³-hybridized carbons (Fsp3) is 0.706. The number of anilines is 1. The molecular weight excluding hydrogens is 292 g/mol. The van der Waals surface area contributed by atoms with Crippen molar-refractivity contribution in [1.82, 2.24) is 9.97 Å². The smallest absolute Gasteiger partial charge is 0.252 e. The van der Waals surface area contributed by atoms with Gasteiger partial charge in [-0.05, 0) is 43.9 Å². The van der Waals surface area contributed by atoms with E-state index in [1.54, 1.807) is 0 Å². The minimum absolute atomic E-state index is 0.186. The number of carbonyl (C=O) groups is 1. The van der Waals surface area contributed by atoms with Crippen LogP contribution in [0.15, 0.2) is 6.20 Å². The molecule has 1 heterocycles. The largest absolute Gasteiger partial charge is 0.393 e. The first-order chi connectivity index (χ1) is 10.9.